The lowest BCUT2D eigenvalue weighted by atomic mass is 9.83. The lowest BCUT2D eigenvalue weighted by molar-refractivity contribution is -0.122. The van der Waals surface area contributed by atoms with E-state index in [0.29, 0.717) is 34.7 Å². The number of nitrogens with one attached hydrogen (secondary N) is 1. The van der Waals surface area contributed by atoms with E-state index in [1.807, 2.05) is 37.3 Å². The fourth-order valence-corrected chi connectivity index (χ4v) is 7.09. The fourth-order valence-electron chi connectivity index (χ4n) is 4.58. The third-order valence-corrected chi connectivity index (χ3v) is 8.64. The molecule has 1 N–H and O–H groups in total. The number of amides is 2. The molecule has 9 heteroatoms. The molecule has 1 aromatic heterocycles. The highest BCUT2D eigenvalue weighted by Gasteiger charge is 2.56. The molecule has 7 nitrogen and oxygen atoms in total. The van der Waals surface area contributed by atoms with Gasteiger partial charge in [0, 0.05) is 10.8 Å². The first-order chi connectivity index (χ1) is 16.8. The molecule has 0 radical (unpaired) electrons. The summed E-state index contributed by atoms with van der Waals surface area (Å²) in [6.07, 6.45) is 0. The van der Waals surface area contributed by atoms with E-state index in [1.54, 1.807) is 19.2 Å². The number of hydrogen-bond donors (Lipinski definition) is 1. The molecule has 1 fully saturated rings. The lowest BCUT2D eigenvalue weighted by Gasteiger charge is -2.30. The summed E-state index contributed by atoms with van der Waals surface area (Å²) in [5, 5.41) is 0.0201. The zero-order chi connectivity index (χ0) is 24.9. The van der Waals surface area contributed by atoms with E-state index >= 15 is 0 Å². The smallest absolute Gasteiger partial charge is 0.305 e. The predicted molar refractivity (Wildman–Crippen MR) is 137 cm³/mol. The molecule has 1 saturated heterocycles. The first-order valence-electron chi connectivity index (χ1n) is 11.4. The predicted octanol–water partition coefficient (Wildman–Crippen LogP) is 4.58. The summed E-state index contributed by atoms with van der Waals surface area (Å²) >= 11 is 2.36. The van der Waals surface area contributed by atoms with Gasteiger partial charge in [-0.15, -0.1) is 0 Å². The van der Waals surface area contributed by atoms with Crippen molar-refractivity contribution in [3.05, 3.63) is 68.1 Å². The molecule has 3 aromatic rings. The molecular formula is C26H26N2O5S2. The number of hydrogen-bond acceptors (Lipinski definition) is 7. The molecule has 182 valence electrons. The third-order valence-electron chi connectivity index (χ3n) is 6.24. The Hall–Kier alpha value is -3.04. The Kier molecular flexibility index (Phi) is 6.23. The Bertz CT molecular complexity index is 1340. The number of anilines is 1. The number of aromatic amines is 1. The standard InChI is InChI=1S/C26H26N2O5S2/c1-13(2)12-33-17-10-7-15(11-18(17)32-4)19-20-22(34-23-21(19)35-26(31)27-23)25(30)28(24(20)29)16-8-5-14(3)6-9-16/h5-11,13,19-20,22H,12H2,1-4H3,(H,27,31)/t19-,20?,22?/m1/s1. The van der Waals surface area contributed by atoms with Gasteiger partial charge in [-0.05, 0) is 42.7 Å². The van der Waals surface area contributed by atoms with Gasteiger partial charge in [0.05, 0.1) is 30.3 Å². The molecule has 5 rings (SSSR count). The highest BCUT2D eigenvalue weighted by molar-refractivity contribution is 8.00. The van der Waals surface area contributed by atoms with Crippen LogP contribution in [0.3, 0.4) is 0 Å². The van der Waals surface area contributed by atoms with Gasteiger partial charge in [0.25, 0.3) is 0 Å². The number of carbonyl (C=O) groups is 2. The zero-order valence-corrected chi connectivity index (χ0v) is 21.5. The summed E-state index contributed by atoms with van der Waals surface area (Å²) in [5.74, 6) is -0.101. The number of carbonyl (C=O) groups excluding carboxylic acids is 2. The van der Waals surface area contributed by atoms with Crippen molar-refractivity contribution in [1.82, 2.24) is 4.98 Å². The number of thioether (sulfide) groups is 1. The largest absolute Gasteiger partial charge is 0.493 e. The molecular weight excluding hydrogens is 484 g/mol. The van der Waals surface area contributed by atoms with Crippen LogP contribution in [-0.2, 0) is 9.59 Å². The minimum Gasteiger partial charge on any atom is -0.493 e. The number of methoxy groups -OCH3 is 1. The molecule has 0 saturated carbocycles. The van der Waals surface area contributed by atoms with Crippen molar-refractivity contribution in [2.45, 2.75) is 37.0 Å². The van der Waals surface area contributed by atoms with E-state index < -0.39 is 17.1 Å². The topological polar surface area (TPSA) is 88.7 Å². The molecule has 2 aliphatic rings. The number of aromatic nitrogens is 1. The second-order valence-electron chi connectivity index (χ2n) is 9.21. The number of benzene rings is 2. The van der Waals surface area contributed by atoms with Crippen LogP contribution < -0.4 is 19.2 Å². The van der Waals surface area contributed by atoms with Crippen LogP contribution in [0, 0.1) is 18.8 Å². The van der Waals surface area contributed by atoms with Crippen molar-refractivity contribution in [2.24, 2.45) is 11.8 Å². The van der Waals surface area contributed by atoms with Gasteiger partial charge in [-0.2, -0.15) is 0 Å². The van der Waals surface area contributed by atoms with Gasteiger partial charge in [0.15, 0.2) is 11.5 Å². The first kappa shape index (κ1) is 23.7. The Balaban J connectivity index is 1.59. The molecule has 3 atom stereocenters. The quantitative estimate of drug-likeness (QED) is 0.488. The lowest BCUT2D eigenvalue weighted by Crippen LogP contribution is -2.32. The minimum atomic E-state index is -0.639. The Morgan fingerprint density at radius 1 is 1.03 bits per heavy atom. The summed E-state index contributed by atoms with van der Waals surface area (Å²) in [7, 11) is 1.57. The van der Waals surface area contributed by atoms with Crippen LogP contribution in [0.1, 0.15) is 35.8 Å². The molecule has 0 bridgehead atoms. The van der Waals surface area contributed by atoms with E-state index in [9.17, 15) is 14.4 Å². The summed E-state index contributed by atoms with van der Waals surface area (Å²) in [6.45, 7) is 6.64. The van der Waals surface area contributed by atoms with Gasteiger partial charge in [0.2, 0.25) is 11.8 Å². The van der Waals surface area contributed by atoms with Crippen molar-refractivity contribution >= 4 is 40.6 Å². The third kappa shape index (κ3) is 4.16. The van der Waals surface area contributed by atoms with Gasteiger partial charge in [-0.25, -0.2) is 4.90 Å². The van der Waals surface area contributed by atoms with Crippen molar-refractivity contribution in [1.29, 1.82) is 0 Å². The van der Waals surface area contributed by atoms with Crippen molar-refractivity contribution in [3.63, 3.8) is 0 Å². The number of aryl methyl sites for hydroxylation is 1. The first-order valence-corrected chi connectivity index (χ1v) is 13.1. The number of fused-ring (bicyclic) bond motifs is 2. The van der Waals surface area contributed by atoms with Crippen LogP contribution in [0.15, 0.2) is 52.3 Å². The maximum absolute atomic E-state index is 13.8. The zero-order valence-electron chi connectivity index (χ0n) is 19.9. The Labute approximate surface area is 211 Å². The average molecular weight is 511 g/mol. The van der Waals surface area contributed by atoms with Gasteiger partial charge < -0.3 is 14.5 Å². The highest BCUT2D eigenvalue weighted by atomic mass is 32.2. The number of H-pyrrole nitrogens is 1. The van der Waals surface area contributed by atoms with Crippen molar-refractivity contribution < 1.29 is 19.1 Å². The average Bonchev–Trinajstić information content (AvgIpc) is 3.32. The number of nitrogens with zero attached hydrogens (tertiary/aromatic N) is 1. The summed E-state index contributed by atoms with van der Waals surface area (Å²) in [6, 6.07) is 13.0. The molecule has 2 amide bonds. The van der Waals surface area contributed by atoms with Gasteiger partial charge >= 0.3 is 4.87 Å². The van der Waals surface area contributed by atoms with E-state index in [1.165, 1.54) is 16.7 Å². The monoisotopic (exact) mass is 510 g/mol. The molecule has 3 heterocycles. The maximum Gasteiger partial charge on any atom is 0.305 e. The summed E-state index contributed by atoms with van der Waals surface area (Å²) < 4.78 is 11.5. The van der Waals surface area contributed by atoms with Crippen LogP contribution in [0.4, 0.5) is 5.69 Å². The van der Waals surface area contributed by atoms with Crippen LogP contribution >= 0.6 is 23.1 Å². The van der Waals surface area contributed by atoms with Gasteiger partial charge in [-0.3, -0.25) is 14.4 Å². The number of imide groups is 1. The maximum atomic E-state index is 13.8. The SMILES string of the molecule is COc1cc([C@H]2c3sc(=O)[nH]c3SC3C(=O)N(c4ccc(C)cc4)C(=O)C32)ccc1OCC(C)C. The normalized spacial score (nSPS) is 21.3. The second kappa shape index (κ2) is 9.20. The number of rotatable bonds is 6. The van der Waals surface area contributed by atoms with E-state index in [-0.39, 0.29) is 16.7 Å². The fraction of sp³-hybridized carbons (Fsp3) is 0.346. The van der Waals surface area contributed by atoms with E-state index in [0.717, 1.165) is 27.3 Å². The van der Waals surface area contributed by atoms with Crippen LogP contribution in [-0.4, -0.2) is 35.8 Å². The Morgan fingerprint density at radius 3 is 2.46 bits per heavy atom. The van der Waals surface area contributed by atoms with Gasteiger partial charge in [-0.1, -0.05) is 60.7 Å². The number of ether oxygens (including phenoxy) is 2. The highest BCUT2D eigenvalue weighted by Crippen LogP contribution is 2.53. The minimum absolute atomic E-state index is 0.202. The van der Waals surface area contributed by atoms with Gasteiger partial charge in [0.1, 0.15) is 5.25 Å². The summed E-state index contributed by atoms with van der Waals surface area (Å²) in [4.78, 5) is 44.3. The van der Waals surface area contributed by atoms with Crippen LogP contribution in [0.5, 0.6) is 11.5 Å². The molecule has 2 aromatic carbocycles. The molecule has 35 heavy (non-hydrogen) atoms. The summed E-state index contributed by atoms with van der Waals surface area (Å²) in [5.41, 5.74) is 2.41. The van der Waals surface area contributed by atoms with Crippen LogP contribution in [0.25, 0.3) is 0 Å². The number of thiazole rings is 1. The van der Waals surface area contributed by atoms with Crippen molar-refractivity contribution in [3.8, 4) is 11.5 Å². The van der Waals surface area contributed by atoms with Crippen molar-refractivity contribution in [2.75, 3.05) is 18.6 Å². The van der Waals surface area contributed by atoms with E-state index in [2.05, 4.69) is 18.8 Å². The van der Waals surface area contributed by atoms with E-state index in [4.69, 9.17) is 9.47 Å². The molecule has 2 aliphatic heterocycles. The van der Waals surface area contributed by atoms with Crippen LogP contribution in [0.2, 0.25) is 0 Å². The molecule has 0 aliphatic carbocycles. The Morgan fingerprint density at radius 2 is 1.77 bits per heavy atom. The molecule has 0 spiro atoms. The molecule has 2 unspecified atom stereocenters. The second-order valence-corrected chi connectivity index (χ2v) is 11.4.